The summed E-state index contributed by atoms with van der Waals surface area (Å²) in [5.74, 6) is 6.37. The van der Waals surface area contributed by atoms with Crippen LogP contribution in [0.1, 0.15) is 15.9 Å². The van der Waals surface area contributed by atoms with Gasteiger partial charge in [0.15, 0.2) is 0 Å². The molecule has 2 aromatic heterocycles. The largest absolute Gasteiger partial charge is 0.481 e. The Morgan fingerprint density at radius 3 is 2.80 bits per heavy atom. The molecular formula is C24H20N4O2. The predicted molar refractivity (Wildman–Crippen MR) is 115 cm³/mol. The molecule has 0 bridgehead atoms. The van der Waals surface area contributed by atoms with Crippen LogP contribution < -0.4 is 10.1 Å². The van der Waals surface area contributed by atoms with Gasteiger partial charge in [-0.15, -0.1) is 0 Å². The number of ether oxygens (including phenoxy) is 1. The molecule has 0 aliphatic rings. The molecule has 1 N–H and O–H groups in total. The lowest BCUT2D eigenvalue weighted by Gasteiger charge is -2.05. The maximum atomic E-state index is 12.2. The van der Waals surface area contributed by atoms with Crippen LogP contribution in [0.5, 0.6) is 5.75 Å². The van der Waals surface area contributed by atoms with Crippen LogP contribution in [0.4, 0.5) is 0 Å². The van der Waals surface area contributed by atoms with E-state index in [1.54, 1.807) is 18.7 Å². The SMILES string of the molecule is O=C(NCC#CCOc1ccc2cccnc2c1)c1ccc(Cn2ccnc2)cc1. The van der Waals surface area contributed by atoms with Crippen molar-refractivity contribution in [3.8, 4) is 17.6 Å². The summed E-state index contributed by atoms with van der Waals surface area (Å²) in [6.07, 6.45) is 7.16. The Morgan fingerprint density at radius 2 is 1.97 bits per heavy atom. The lowest BCUT2D eigenvalue weighted by molar-refractivity contribution is 0.0958. The number of fused-ring (bicyclic) bond motifs is 1. The molecule has 2 heterocycles. The Bertz CT molecular complexity index is 1190. The highest BCUT2D eigenvalue weighted by molar-refractivity contribution is 5.94. The van der Waals surface area contributed by atoms with Gasteiger partial charge in [0.25, 0.3) is 5.91 Å². The number of hydrogen-bond donors (Lipinski definition) is 1. The fourth-order valence-electron chi connectivity index (χ4n) is 2.95. The van der Waals surface area contributed by atoms with Crippen molar-refractivity contribution in [2.45, 2.75) is 6.54 Å². The molecular weight excluding hydrogens is 376 g/mol. The predicted octanol–water partition coefficient (Wildman–Crippen LogP) is 3.29. The van der Waals surface area contributed by atoms with E-state index in [0.29, 0.717) is 5.56 Å². The number of nitrogens with one attached hydrogen (secondary N) is 1. The molecule has 4 aromatic rings. The fraction of sp³-hybridized carbons (Fsp3) is 0.125. The topological polar surface area (TPSA) is 69.0 Å². The van der Waals surface area contributed by atoms with E-state index in [2.05, 4.69) is 27.1 Å². The Balaban J connectivity index is 1.22. The van der Waals surface area contributed by atoms with E-state index in [0.717, 1.165) is 28.8 Å². The van der Waals surface area contributed by atoms with E-state index in [1.807, 2.05) is 65.4 Å². The zero-order valence-corrected chi connectivity index (χ0v) is 16.3. The van der Waals surface area contributed by atoms with Crippen LogP contribution >= 0.6 is 0 Å². The number of carbonyl (C=O) groups excluding carboxylic acids is 1. The number of nitrogens with zero attached hydrogens (tertiary/aromatic N) is 3. The van der Waals surface area contributed by atoms with E-state index in [-0.39, 0.29) is 19.1 Å². The van der Waals surface area contributed by atoms with Crippen molar-refractivity contribution < 1.29 is 9.53 Å². The highest BCUT2D eigenvalue weighted by Crippen LogP contribution is 2.18. The molecule has 6 heteroatoms. The molecule has 0 aliphatic carbocycles. The average Bonchev–Trinajstić information content (AvgIpc) is 3.29. The molecule has 0 spiro atoms. The first-order chi connectivity index (χ1) is 14.8. The van der Waals surface area contributed by atoms with Crippen molar-refractivity contribution in [2.24, 2.45) is 0 Å². The monoisotopic (exact) mass is 396 g/mol. The molecule has 0 saturated carbocycles. The van der Waals surface area contributed by atoms with Crippen molar-refractivity contribution in [2.75, 3.05) is 13.2 Å². The lowest BCUT2D eigenvalue weighted by Crippen LogP contribution is -2.23. The second kappa shape index (κ2) is 9.39. The van der Waals surface area contributed by atoms with Crippen LogP contribution in [-0.2, 0) is 6.54 Å². The number of pyridine rings is 1. The number of aromatic nitrogens is 3. The molecule has 0 aliphatic heterocycles. The van der Waals surface area contributed by atoms with Gasteiger partial charge in [0.2, 0.25) is 0 Å². The number of rotatable bonds is 6. The van der Waals surface area contributed by atoms with Gasteiger partial charge in [-0.3, -0.25) is 9.78 Å². The second-order valence-electron chi connectivity index (χ2n) is 6.61. The van der Waals surface area contributed by atoms with Crippen LogP contribution in [-0.4, -0.2) is 33.6 Å². The van der Waals surface area contributed by atoms with Gasteiger partial charge in [-0.2, -0.15) is 0 Å². The molecule has 0 radical (unpaired) electrons. The summed E-state index contributed by atoms with van der Waals surface area (Å²) in [5, 5.41) is 3.86. The Labute approximate surface area is 174 Å². The molecule has 0 atom stereocenters. The first kappa shape index (κ1) is 19.2. The zero-order chi connectivity index (χ0) is 20.6. The number of amides is 1. The number of imidazole rings is 1. The Kier molecular flexibility index (Phi) is 6.02. The third-order valence-electron chi connectivity index (χ3n) is 4.49. The van der Waals surface area contributed by atoms with Gasteiger partial charge in [-0.05, 0) is 35.9 Å². The number of benzene rings is 2. The van der Waals surface area contributed by atoms with Crippen LogP contribution in [0.15, 0.2) is 79.5 Å². The van der Waals surface area contributed by atoms with Gasteiger partial charge in [0, 0.05) is 42.2 Å². The molecule has 2 aromatic carbocycles. The number of carbonyl (C=O) groups is 1. The first-order valence-electron chi connectivity index (χ1n) is 9.54. The summed E-state index contributed by atoms with van der Waals surface area (Å²) in [5.41, 5.74) is 2.59. The quantitative estimate of drug-likeness (QED) is 0.508. The molecule has 0 fully saturated rings. The zero-order valence-electron chi connectivity index (χ0n) is 16.3. The molecule has 30 heavy (non-hydrogen) atoms. The van der Waals surface area contributed by atoms with Crippen molar-refractivity contribution in [1.29, 1.82) is 0 Å². The smallest absolute Gasteiger partial charge is 0.252 e. The van der Waals surface area contributed by atoms with Gasteiger partial charge >= 0.3 is 0 Å². The average molecular weight is 396 g/mol. The van der Waals surface area contributed by atoms with E-state index in [4.69, 9.17) is 4.74 Å². The van der Waals surface area contributed by atoms with E-state index >= 15 is 0 Å². The van der Waals surface area contributed by atoms with E-state index in [9.17, 15) is 4.79 Å². The van der Waals surface area contributed by atoms with Gasteiger partial charge in [-0.1, -0.05) is 30.0 Å². The Morgan fingerprint density at radius 1 is 1.07 bits per heavy atom. The first-order valence-corrected chi connectivity index (χ1v) is 9.54. The molecule has 4 rings (SSSR count). The van der Waals surface area contributed by atoms with Gasteiger partial charge in [0.05, 0.1) is 18.4 Å². The molecule has 6 nitrogen and oxygen atoms in total. The third-order valence-corrected chi connectivity index (χ3v) is 4.49. The van der Waals surface area contributed by atoms with Crippen LogP contribution in [0, 0.1) is 11.8 Å². The highest BCUT2D eigenvalue weighted by atomic mass is 16.5. The Hall–Kier alpha value is -4.11. The van der Waals surface area contributed by atoms with Crippen LogP contribution in [0.25, 0.3) is 10.9 Å². The summed E-state index contributed by atoms with van der Waals surface area (Å²) in [4.78, 5) is 20.5. The van der Waals surface area contributed by atoms with Crippen LogP contribution in [0.2, 0.25) is 0 Å². The second-order valence-corrected chi connectivity index (χ2v) is 6.61. The summed E-state index contributed by atoms with van der Waals surface area (Å²) < 4.78 is 7.60. The summed E-state index contributed by atoms with van der Waals surface area (Å²) in [6, 6.07) is 17.1. The van der Waals surface area contributed by atoms with E-state index < -0.39 is 0 Å². The van der Waals surface area contributed by atoms with Crippen molar-refractivity contribution in [3.63, 3.8) is 0 Å². The van der Waals surface area contributed by atoms with Gasteiger partial charge in [-0.25, -0.2) is 4.98 Å². The molecule has 0 unspecified atom stereocenters. The summed E-state index contributed by atoms with van der Waals surface area (Å²) in [7, 11) is 0. The number of hydrogen-bond acceptors (Lipinski definition) is 4. The molecule has 148 valence electrons. The highest BCUT2D eigenvalue weighted by Gasteiger charge is 2.04. The maximum Gasteiger partial charge on any atom is 0.252 e. The minimum atomic E-state index is -0.153. The fourth-order valence-corrected chi connectivity index (χ4v) is 2.95. The van der Waals surface area contributed by atoms with Gasteiger partial charge < -0.3 is 14.6 Å². The summed E-state index contributed by atoms with van der Waals surface area (Å²) >= 11 is 0. The van der Waals surface area contributed by atoms with Crippen molar-refractivity contribution >= 4 is 16.8 Å². The lowest BCUT2D eigenvalue weighted by atomic mass is 10.1. The van der Waals surface area contributed by atoms with Crippen molar-refractivity contribution in [3.05, 3.63) is 90.6 Å². The van der Waals surface area contributed by atoms with Crippen LogP contribution in [0.3, 0.4) is 0 Å². The molecule has 1 amide bonds. The standard InChI is InChI=1S/C24H20N4O2/c29-24(21-7-5-19(6-8-21)17-28-14-13-25-18-28)27-11-1-2-15-30-22-10-9-20-4-3-12-26-23(20)16-22/h3-10,12-14,16,18H,11,15,17H2,(H,27,29). The van der Waals surface area contributed by atoms with Crippen molar-refractivity contribution in [1.82, 2.24) is 19.9 Å². The van der Waals surface area contributed by atoms with Gasteiger partial charge in [0.1, 0.15) is 12.4 Å². The normalized spacial score (nSPS) is 10.3. The minimum absolute atomic E-state index is 0.153. The third kappa shape index (κ3) is 5.03. The van der Waals surface area contributed by atoms with E-state index in [1.165, 1.54) is 0 Å². The summed E-state index contributed by atoms with van der Waals surface area (Å²) in [6.45, 7) is 1.23. The molecule has 0 saturated heterocycles. The minimum Gasteiger partial charge on any atom is -0.481 e. The maximum absolute atomic E-state index is 12.2.